The number of rotatable bonds is 5. The van der Waals surface area contributed by atoms with E-state index in [1.165, 1.54) is 0 Å². The minimum absolute atomic E-state index is 0.0102. The highest BCUT2D eigenvalue weighted by molar-refractivity contribution is 5.76. The van der Waals surface area contributed by atoms with Gasteiger partial charge in [-0.2, -0.15) is 0 Å². The third-order valence-corrected chi connectivity index (χ3v) is 4.31. The summed E-state index contributed by atoms with van der Waals surface area (Å²) in [5.74, 6) is -0.826. The maximum Gasteiger partial charge on any atom is 0.320 e. The number of ether oxygens (including phenoxy) is 1. The fraction of sp³-hybridized carbons (Fsp3) is 0.857. The van der Waals surface area contributed by atoms with Gasteiger partial charge in [0, 0.05) is 6.04 Å². The summed E-state index contributed by atoms with van der Waals surface area (Å²) in [5.41, 5.74) is 0. The van der Waals surface area contributed by atoms with E-state index >= 15 is 0 Å². The van der Waals surface area contributed by atoms with E-state index in [2.05, 4.69) is 12.2 Å². The molecule has 0 aromatic rings. The van der Waals surface area contributed by atoms with Crippen LogP contribution in [0.5, 0.6) is 0 Å². The molecule has 4 atom stereocenters. The second-order valence-electron chi connectivity index (χ2n) is 5.64. The predicted molar refractivity (Wildman–Crippen MR) is 69.7 cm³/mol. The molecule has 108 valence electrons. The molecule has 0 spiro atoms. The molecule has 0 radical (unpaired) electrons. The average Bonchev–Trinajstić information content (AvgIpc) is 2.82. The molecule has 1 heterocycles. The number of carbonyl (C=O) groups is 2. The molecule has 5 heteroatoms. The van der Waals surface area contributed by atoms with Crippen molar-refractivity contribution in [1.29, 1.82) is 0 Å². The van der Waals surface area contributed by atoms with Gasteiger partial charge in [0.1, 0.15) is 6.04 Å². The molecule has 0 aromatic carbocycles. The van der Waals surface area contributed by atoms with Crippen molar-refractivity contribution < 1.29 is 19.4 Å². The zero-order valence-electron chi connectivity index (χ0n) is 11.4. The number of fused-ring (bicyclic) bond motifs is 1. The molecule has 1 saturated heterocycles. The first-order valence-electron chi connectivity index (χ1n) is 7.29. The van der Waals surface area contributed by atoms with Gasteiger partial charge in [-0.05, 0) is 31.6 Å². The summed E-state index contributed by atoms with van der Waals surface area (Å²) in [6, 6.07) is -0.511. The lowest BCUT2D eigenvalue weighted by Crippen LogP contribution is -2.45. The van der Waals surface area contributed by atoms with Gasteiger partial charge in [-0.15, -0.1) is 0 Å². The quantitative estimate of drug-likeness (QED) is 0.585. The van der Waals surface area contributed by atoms with Crippen molar-refractivity contribution >= 4 is 11.9 Å². The standard InChI is InChI=1S/C14H23NO4/c1-2-3-7-19-14(18)10-6-4-5-9-8-11(13(16)17)15-12(9)10/h9-12,15H,2-8H2,1H3,(H,16,17). The summed E-state index contributed by atoms with van der Waals surface area (Å²) in [6.07, 6.45) is 5.34. The van der Waals surface area contributed by atoms with Gasteiger partial charge in [0.25, 0.3) is 0 Å². The lowest BCUT2D eigenvalue weighted by Gasteiger charge is -2.32. The SMILES string of the molecule is CCCCOC(=O)C1CCCC2CC(C(=O)O)NC21. The van der Waals surface area contributed by atoms with E-state index in [1.807, 2.05) is 0 Å². The van der Waals surface area contributed by atoms with Gasteiger partial charge < -0.3 is 15.2 Å². The Bertz CT molecular complexity index is 344. The van der Waals surface area contributed by atoms with Gasteiger partial charge in [-0.1, -0.05) is 19.8 Å². The summed E-state index contributed by atoms with van der Waals surface area (Å²) in [6.45, 7) is 2.53. The Labute approximate surface area is 113 Å². The Morgan fingerprint density at radius 3 is 2.84 bits per heavy atom. The van der Waals surface area contributed by atoms with Crippen LogP contribution in [0.3, 0.4) is 0 Å². The highest BCUT2D eigenvalue weighted by atomic mass is 16.5. The highest BCUT2D eigenvalue weighted by Crippen LogP contribution is 2.37. The van der Waals surface area contributed by atoms with Crippen molar-refractivity contribution in [1.82, 2.24) is 5.32 Å². The van der Waals surface area contributed by atoms with Gasteiger partial charge in [-0.3, -0.25) is 9.59 Å². The molecule has 0 bridgehead atoms. The fourth-order valence-electron chi connectivity index (χ4n) is 3.27. The topological polar surface area (TPSA) is 75.6 Å². The van der Waals surface area contributed by atoms with Gasteiger partial charge in [0.2, 0.25) is 0 Å². The Morgan fingerprint density at radius 1 is 1.37 bits per heavy atom. The minimum atomic E-state index is -0.812. The molecule has 5 nitrogen and oxygen atoms in total. The molecule has 19 heavy (non-hydrogen) atoms. The van der Waals surface area contributed by atoms with Crippen molar-refractivity contribution in [2.75, 3.05) is 6.61 Å². The number of esters is 1. The van der Waals surface area contributed by atoms with E-state index < -0.39 is 12.0 Å². The zero-order chi connectivity index (χ0) is 13.8. The third kappa shape index (κ3) is 3.26. The lowest BCUT2D eigenvalue weighted by molar-refractivity contribution is -0.151. The molecule has 2 fully saturated rings. The van der Waals surface area contributed by atoms with E-state index in [0.717, 1.165) is 32.1 Å². The molecular formula is C14H23NO4. The maximum absolute atomic E-state index is 12.1. The molecule has 0 amide bonds. The van der Waals surface area contributed by atoms with E-state index in [4.69, 9.17) is 9.84 Å². The number of aliphatic carboxylic acids is 1. The van der Waals surface area contributed by atoms with Crippen LogP contribution in [-0.2, 0) is 14.3 Å². The minimum Gasteiger partial charge on any atom is -0.480 e. The highest BCUT2D eigenvalue weighted by Gasteiger charge is 2.46. The van der Waals surface area contributed by atoms with Gasteiger partial charge in [-0.25, -0.2) is 0 Å². The van der Waals surface area contributed by atoms with E-state index in [-0.39, 0.29) is 17.9 Å². The Hall–Kier alpha value is -1.10. The number of nitrogens with one attached hydrogen (secondary N) is 1. The smallest absolute Gasteiger partial charge is 0.320 e. The summed E-state index contributed by atoms with van der Waals surface area (Å²) < 4.78 is 5.30. The molecule has 1 aliphatic heterocycles. The first-order valence-corrected chi connectivity index (χ1v) is 7.29. The summed E-state index contributed by atoms with van der Waals surface area (Å²) in [4.78, 5) is 23.1. The summed E-state index contributed by atoms with van der Waals surface area (Å²) >= 11 is 0. The predicted octanol–water partition coefficient (Wildman–Crippen LogP) is 1.56. The van der Waals surface area contributed by atoms with Crippen molar-refractivity contribution in [3.05, 3.63) is 0 Å². The average molecular weight is 269 g/mol. The molecule has 1 saturated carbocycles. The lowest BCUT2D eigenvalue weighted by atomic mass is 9.77. The van der Waals surface area contributed by atoms with E-state index in [1.54, 1.807) is 0 Å². The van der Waals surface area contributed by atoms with E-state index in [0.29, 0.717) is 18.9 Å². The number of carboxylic acid groups (broad SMARTS) is 1. The zero-order valence-corrected chi connectivity index (χ0v) is 11.4. The van der Waals surface area contributed by atoms with Crippen molar-refractivity contribution in [3.8, 4) is 0 Å². The van der Waals surface area contributed by atoms with Crippen LogP contribution >= 0.6 is 0 Å². The van der Waals surface area contributed by atoms with Crippen LogP contribution in [0, 0.1) is 11.8 Å². The Balaban J connectivity index is 1.93. The van der Waals surface area contributed by atoms with E-state index in [9.17, 15) is 9.59 Å². The van der Waals surface area contributed by atoms with Crippen LogP contribution in [0.1, 0.15) is 45.4 Å². The molecule has 0 aromatic heterocycles. The van der Waals surface area contributed by atoms with Gasteiger partial charge in [0.15, 0.2) is 0 Å². The van der Waals surface area contributed by atoms with Gasteiger partial charge in [0.05, 0.1) is 12.5 Å². The first kappa shape index (κ1) is 14.3. The third-order valence-electron chi connectivity index (χ3n) is 4.31. The number of carbonyl (C=O) groups excluding carboxylic acids is 1. The Morgan fingerprint density at radius 2 is 2.16 bits per heavy atom. The molecule has 4 unspecified atom stereocenters. The van der Waals surface area contributed by atoms with Crippen molar-refractivity contribution in [2.24, 2.45) is 11.8 Å². The normalized spacial score (nSPS) is 33.7. The maximum atomic E-state index is 12.1. The molecule has 2 rings (SSSR count). The van der Waals surface area contributed by atoms with Crippen molar-refractivity contribution in [3.63, 3.8) is 0 Å². The number of hydrogen-bond donors (Lipinski definition) is 2. The van der Waals surface area contributed by atoms with Crippen LogP contribution in [0.15, 0.2) is 0 Å². The Kier molecular flexibility index (Phi) is 4.80. The van der Waals surface area contributed by atoms with Crippen molar-refractivity contribution in [2.45, 2.75) is 57.5 Å². The second-order valence-corrected chi connectivity index (χ2v) is 5.64. The van der Waals surface area contributed by atoms with Gasteiger partial charge >= 0.3 is 11.9 Å². The molecule has 2 N–H and O–H groups in total. The largest absolute Gasteiger partial charge is 0.480 e. The summed E-state index contributed by atoms with van der Waals surface area (Å²) in [5, 5.41) is 12.2. The fourth-order valence-corrected chi connectivity index (χ4v) is 3.27. The van der Waals surface area contributed by atoms with Crippen LogP contribution in [0.25, 0.3) is 0 Å². The monoisotopic (exact) mass is 269 g/mol. The molecular weight excluding hydrogens is 246 g/mol. The van der Waals surface area contributed by atoms with Crippen LogP contribution in [-0.4, -0.2) is 35.7 Å². The van der Waals surface area contributed by atoms with Crippen LogP contribution < -0.4 is 5.32 Å². The molecule has 2 aliphatic rings. The molecule has 1 aliphatic carbocycles. The summed E-state index contributed by atoms with van der Waals surface area (Å²) in [7, 11) is 0. The number of hydrogen-bond acceptors (Lipinski definition) is 4. The number of unbranched alkanes of at least 4 members (excludes halogenated alkanes) is 1. The second kappa shape index (κ2) is 6.37. The van der Waals surface area contributed by atoms with Crippen LogP contribution in [0.4, 0.5) is 0 Å². The number of carboxylic acids is 1. The van der Waals surface area contributed by atoms with Crippen LogP contribution in [0.2, 0.25) is 0 Å². The first-order chi connectivity index (χ1) is 9.13.